The van der Waals surface area contributed by atoms with Crippen molar-refractivity contribution in [3.8, 4) is 22.9 Å². The van der Waals surface area contributed by atoms with E-state index >= 15 is 0 Å². The Morgan fingerprint density at radius 1 is 1.18 bits per heavy atom. The van der Waals surface area contributed by atoms with Crippen molar-refractivity contribution >= 4 is 23.4 Å². The maximum absolute atomic E-state index is 13.1. The number of fused-ring (bicyclic) bond motifs is 1. The molecule has 0 spiro atoms. The normalized spacial score (nSPS) is 12.2. The molecule has 0 fully saturated rings. The van der Waals surface area contributed by atoms with E-state index in [4.69, 9.17) is 9.47 Å². The number of anilines is 1. The molecule has 0 saturated heterocycles. The predicted octanol–water partition coefficient (Wildman–Crippen LogP) is 3.56. The smallest absolute Gasteiger partial charge is 0.234 e. The van der Waals surface area contributed by atoms with Crippen molar-refractivity contribution in [2.75, 3.05) is 17.9 Å². The summed E-state index contributed by atoms with van der Waals surface area (Å²) in [6, 6.07) is 11.3. The van der Waals surface area contributed by atoms with Crippen LogP contribution in [0.1, 0.15) is 6.92 Å². The third kappa shape index (κ3) is 3.79. The highest BCUT2D eigenvalue weighted by Gasteiger charge is 2.16. The van der Waals surface area contributed by atoms with E-state index in [1.165, 1.54) is 23.9 Å². The lowest BCUT2D eigenvalue weighted by molar-refractivity contribution is -0.113. The molecule has 0 radical (unpaired) electrons. The summed E-state index contributed by atoms with van der Waals surface area (Å²) in [5.74, 6) is 1.62. The monoisotopic (exact) mass is 400 g/mol. The Bertz CT molecular complexity index is 1010. The van der Waals surface area contributed by atoms with Crippen LogP contribution in [0.15, 0.2) is 47.6 Å². The summed E-state index contributed by atoms with van der Waals surface area (Å²) < 4.78 is 25.6. The highest BCUT2D eigenvalue weighted by molar-refractivity contribution is 7.99. The molecule has 0 bridgehead atoms. The van der Waals surface area contributed by atoms with Gasteiger partial charge < -0.3 is 19.4 Å². The second-order valence-corrected chi connectivity index (χ2v) is 6.90. The van der Waals surface area contributed by atoms with Gasteiger partial charge in [0.25, 0.3) is 0 Å². The van der Waals surface area contributed by atoms with Crippen molar-refractivity contribution in [1.82, 2.24) is 14.8 Å². The Morgan fingerprint density at radius 3 is 2.75 bits per heavy atom. The van der Waals surface area contributed by atoms with Crippen molar-refractivity contribution < 1.29 is 18.7 Å². The molecule has 7 nitrogen and oxygen atoms in total. The van der Waals surface area contributed by atoms with E-state index in [0.717, 1.165) is 5.56 Å². The zero-order chi connectivity index (χ0) is 19.5. The molecule has 0 saturated carbocycles. The minimum absolute atomic E-state index is 0.169. The van der Waals surface area contributed by atoms with Crippen molar-refractivity contribution in [3.05, 3.63) is 48.3 Å². The van der Waals surface area contributed by atoms with Crippen LogP contribution in [0.2, 0.25) is 0 Å². The average Bonchev–Trinajstić information content (AvgIpc) is 3.33. The molecule has 28 heavy (non-hydrogen) atoms. The number of hydrogen-bond donors (Lipinski definition) is 1. The van der Waals surface area contributed by atoms with Crippen LogP contribution in [0.25, 0.3) is 11.4 Å². The van der Waals surface area contributed by atoms with Gasteiger partial charge in [-0.3, -0.25) is 4.79 Å². The number of ether oxygens (including phenoxy) is 2. The molecule has 144 valence electrons. The molecule has 1 aromatic heterocycles. The molecule has 1 amide bonds. The summed E-state index contributed by atoms with van der Waals surface area (Å²) in [6.07, 6.45) is 0. The van der Waals surface area contributed by atoms with Crippen molar-refractivity contribution in [3.63, 3.8) is 0 Å². The quantitative estimate of drug-likeness (QED) is 0.638. The molecular weight excluding hydrogens is 383 g/mol. The van der Waals surface area contributed by atoms with E-state index < -0.39 is 0 Å². The van der Waals surface area contributed by atoms with E-state index in [1.54, 1.807) is 30.3 Å². The van der Waals surface area contributed by atoms with Crippen LogP contribution in [-0.2, 0) is 11.3 Å². The van der Waals surface area contributed by atoms with Gasteiger partial charge in [-0.25, -0.2) is 4.39 Å². The van der Waals surface area contributed by atoms with Crippen LogP contribution in [0.3, 0.4) is 0 Å². The fourth-order valence-electron chi connectivity index (χ4n) is 2.79. The van der Waals surface area contributed by atoms with Crippen LogP contribution in [0.4, 0.5) is 10.1 Å². The number of benzene rings is 2. The van der Waals surface area contributed by atoms with E-state index in [0.29, 0.717) is 34.7 Å². The van der Waals surface area contributed by atoms with Gasteiger partial charge in [0.15, 0.2) is 22.5 Å². The zero-order valence-electron chi connectivity index (χ0n) is 15.0. The molecule has 0 unspecified atom stereocenters. The standard InChI is InChI=1S/C19H17FN4O3S/c1-2-24-18(12-3-5-13(20)6-4-12)22-23-19(24)28-10-17(25)21-14-7-8-15-16(9-14)27-11-26-15/h3-9H,2,10-11H2,1H3,(H,21,25). The number of nitrogens with one attached hydrogen (secondary N) is 1. The average molecular weight is 400 g/mol. The summed E-state index contributed by atoms with van der Waals surface area (Å²) in [6.45, 7) is 2.78. The van der Waals surface area contributed by atoms with Gasteiger partial charge in [-0.15, -0.1) is 10.2 Å². The number of carbonyl (C=O) groups excluding carboxylic acids is 1. The van der Waals surface area contributed by atoms with Crippen LogP contribution >= 0.6 is 11.8 Å². The van der Waals surface area contributed by atoms with Gasteiger partial charge in [-0.1, -0.05) is 11.8 Å². The van der Waals surface area contributed by atoms with E-state index in [1.807, 2.05) is 11.5 Å². The Morgan fingerprint density at radius 2 is 1.96 bits per heavy atom. The second-order valence-electron chi connectivity index (χ2n) is 5.96. The van der Waals surface area contributed by atoms with E-state index in [2.05, 4.69) is 15.5 Å². The number of hydrogen-bond acceptors (Lipinski definition) is 6. The lowest BCUT2D eigenvalue weighted by Crippen LogP contribution is -2.14. The fraction of sp³-hybridized carbons (Fsp3) is 0.211. The first-order valence-electron chi connectivity index (χ1n) is 8.65. The molecule has 2 heterocycles. The summed E-state index contributed by atoms with van der Waals surface area (Å²) in [4.78, 5) is 12.3. The first-order valence-corrected chi connectivity index (χ1v) is 9.64. The first-order chi connectivity index (χ1) is 13.6. The fourth-order valence-corrected chi connectivity index (χ4v) is 3.60. The summed E-state index contributed by atoms with van der Waals surface area (Å²) >= 11 is 1.29. The Hall–Kier alpha value is -3.07. The molecular formula is C19H17FN4O3S. The van der Waals surface area contributed by atoms with Gasteiger partial charge in [-0.05, 0) is 43.3 Å². The minimum atomic E-state index is -0.305. The number of rotatable bonds is 6. The van der Waals surface area contributed by atoms with Gasteiger partial charge in [0.1, 0.15) is 5.82 Å². The SMILES string of the molecule is CCn1c(SCC(=O)Nc2ccc3c(c2)OCO3)nnc1-c1ccc(F)cc1. The minimum Gasteiger partial charge on any atom is -0.454 e. The highest BCUT2D eigenvalue weighted by atomic mass is 32.2. The zero-order valence-corrected chi connectivity index (χ0v) is 15.8. The summed E-state index contributed by atoms with van der Waals surface area (Å²) in [5, 5.41) is 11.8. The van der Waals surface area contributed by atoms with Gasteiger partial charge >= 0.3 is 0 Å². The first kappa shape index (κ1) is 18.3. The summed E-state index contributed by atoms with van der Waals surface area (Å²) in [5.41, 5.74) is 1.41. The number of amides is 1. The van der Waals surface area contributed by atoms with Crippen LogP contribution in [0.5, 0.6) is 11.5 Å². The van der Waals surface area contributed by atoms with Crippen LogP contribution in [-0.4, -0.2) is 33.2 Å². The topological polar surface area (TPSA) is 78.3 Å². The van der Waals surface area contributed by atoms with Crippen molar-refractivity contribution in [1.29, 1.82) is 0 Å². The molecule has 3 aromatic rings. The van der Waals surface area contributed by atoms with Gasteiger partial charge in [0.2, 0.25) is 12.7 Å². The lowest BCUT2D eigenvalue weighted by atomic mass is 10.2. The summed E-state index contributed by atoms with van der Waals surface area (Å²) in [7, 11) is 0. The van der Waals surface area contributed by atoms with Crippen molar-refractivity contribution in [2.45, 2.75) is 18.6 Å². The van der Waals surface area contributed by atoms with Crippen LogP contribution < -0.4 is 14.8 Å². The molecule has 9 heteroatoms. The van der Waals surface area contributed by atoms with Gasteiger partial charge in [0, 0.05) is 23.9 Å². The lowest BCUT2D eigenvalue weighted by Gasteiger charge is -2.08. The molecule has 1 aliphatic rings. The van der Waals surface area contributed by atoms with Gasteiger partial charge in [0.05, 0.1) is 5.75 Å². The van der Waals surface area contributed by atoms with Gasteiger partial charge in [-0.2, -0.15) is 0 Å². The Balaban J connectivity index is 1.42. The van der Waals surface area contributed by atoms with E-state index in [9.17, 15) is 9.18 Å². The van der Waals surface area contributed by atoms with Crippen molar-refractivity contribution in [2.24, 2.45) is 0 Å². The van der Waals surface area contributed by atoms with E-state index in [-0.39, 0.29) is 24.3 Å². The molecule has 0 aliphatic carbocycles. The maximum Gasteiger partial charge on any atom is 0.234 e. The number of nitrogens with zero attached hydrogens (tertiary/aromatic N) is 3. The number of thioether (sulfide) groups is 1. The highest BCUT2D eigenvalue weighted by Crippen LogP contribution is 2.34. The number of aromatic nitrogens is 3. The number of halogens is 1. The molecule has 2 aromatic carbocycles. The number of carbonyl (C=O) groups is 1. The third-order valence-electron chi connectivity index (χ3n) is 4.12. The predicted molar refractivity (Wildman–Crippen MR) is 103 cm³/mol. The molecule has 0 atom stereocenters. The maximum atomic E-state index is 13.1. The van der Waals surface area contributed by atoms with Crippen LogP contribution in [0, 0.1) is 5.82 Å². The molecule has 4 rings (SSSR count). The Labute approximate surface area is 164 Å². The Kier molecular flexibility index (Phi) is 5.16. The molecule has 1 N–H and O–H groups in total. The molecule has 1 aliphatic heterocycles. The third-order valence-corrected chi connectivity index (χ3v) is 5.09. The second kappa shape index (κ2) is 7.89. The largest absolute Gasteiger partial charge is 0.454 e.